The second-order valence-electron chi connectivity index (χ2n) is 5.91. The van der Waals surface area contributed by atoms with Crippen molar-refractivity contribution in [3.8, 4) is 0 Å². The van der Waals surface area contributed by atoms with E-state index in [1.165, 1.54) is 22.7 Å². The van der Waals surface area contributed by atoms with Gasteiger partial charge >= 0.3 is 5.97 Å². The van der Waals surface area contributed by atoms with Gasteiger partial charge in [0, 0.05) is 21.6 Å². The molecule has 0 aliphatic carbocycles. The minimum absolute atomic E-state index is 0.0242. The van der Waals surface area contributed by atoms with Gasteiger partial charge in [0.15, 0.2) is 0 Å². The summed E-state index contributed by atoms with van der Waals surface area (Å²) in [7, 11) is 3.66. The highest BCUT2D eigenvalue weighted by Crippen LogP contribution is 2.46. The van der Waals surface area contributed by atoms with E-state index in [2.05, 4.69) is 58.8 Å². The van der Waals surface area contributed by atoms with Crippen molar-refractivity contribution in [3.05, 3.63) is 33.4 Å². The topological polar surface area (TPSA) is 29.5 Å². The van der Waals surface area contributed by atoms with Crippen molar-refractivity contribution in [3.63, 3.8) is 0 Å². The van der Waals surface area contributed by atoms with Gasteiger partial charge in [-0.25, -0.2) is 0 Å². The van der Waals surface area contributed by atoms with E-state index in [1.807, 2.05) is 0 Å². The number of piperidine rings is 1. The first-order valence-electron chi connectivity index (χ1n) is 7.17. The summed E-state index contributed by atoms with van der Waals surface area (Å²) >= 11 is 2.32. The van der Waals surface area contributed by atoms with Crippen LogP contribution in [-0.2, 0) is 9.53 Å². The molecule has 0 amide bonds. The van der Waals surface area contributed by atoms with E-state index in [-0.39, 0.29) is 11.9 Å². The largest absolute Gasteiger partial charge is 0.469 e. The number of rotatable bonds is 2. The van der Waals surface area contributed by atoms with E-state index in [1.54, 1.807) is 0 Å². The number of carbonyl (C=O) groups is 1. The summed E-state index contributed by atoms with van der Waals surface area (Å²) in [5, 5.41) is 0. The SMILES string of the molecule is COC(=O)[C@H]1C2CCC(C[C@H]1c1ccc(I)cc1)N2C. The van der Waals surface area contributed by atoms with Crippen LogP contribution in [-0.4, -0.2) is 37.1 Å². The molecule has 3 rings (SSSR count). The third kappa shape index (κ3) is 2.37. The van der Waals surface area contributed by atoms with E-state index in [4.69, 9.17) is 4.74 Å². The fourth-order valence-corrected chi connectivity index (χ4v) is 4.34. The van der Waals surface area contributed by atoms with Gasteiger partial charge in [0.1, 0.15) is 0 Å². The van der Waals surface area contributed by atoms with Crippen LogP contribution in [0.25, 0.3) is 0 Å². The lowest BCUT2D eigenvalue weighted by Crippen LogP contribution is -2.49. The highest BCUT2D eigenvalue weighted by molar-refractivity contribution is 14.1. The molecule has 20 heavy (non-hydrogen) atoms. The molecule has 2 aliphatic heterocycles. The van der Waals surface area contributed by atoms with Crippen LogP contribution >= 0.6 is 22.6 Å². The summed E-state index contributed by atoms with van der Waals surface area (Å²) in [5.74, 6) is 0.225. The maximum absolute atomic E-state index is 12.3. The Hall–Kier alpha value is -0.620. The summed E-state index contributed by atoms with van der Waals surface area (Å²) in [6.45, 7) is 0. The molecular formula is C16H20INO2. The molecule has 0 spiro atoms. The van der Waals surface area contributed by atoms with E-state index >= 15 is 0 Å². The summed E-state index contributed by atoms with van der Waals surface area (Å²) in [6.07, 6.45) is 3.38. The van der Waals surface area contributed by atoms with Gasteiger partial charge in [0.05, 0.1) is 13.0 Å². The molecular weight excluding hydrogens is 365 g/mol. The average Bonchev–Trinajstić information content (AvgIpc) is 2.70. The Kier molecular flexibility index (Phi) is 4.04. The molecule has 2 bridgehead atoms. The Labute approximate surface area is 133 Å². The van der Waals surface area contributed by atoms with Crippen LogP contribution in [0.4, 0.5) is 0 Å². The second-order valence-corrected chi connectivity index (χ2v) is 7.15. The van der Waals surface area contributed by atoms with Gasteiger partial charge in [-0.05, 0) is 66.6 Å². The molecule has 0 saturated carbocycles. The molecule has 1 aromatic carbocycles. The minimum Gasteiger partial charge on any atom is -0.469 e. The zero-order valence-corrected chi connectivity index (χ0v) is 14.0. The molecule has 2 aliphatic rings. The first kappa shape index (κ1) is 14.3. The Morgan fingerprint density at radius 3 is 2.65 bits per heavy atom. The van der Waals surface area contributed by atoms with Crippen LogP contribution in [0.5, 0.6) is 0 Å². The number of halogens is 1. The Balaban J connectivity index is 1.95. The minimum atomic E-state index is -0.0502. The molecule has 0 radical (unpaired) electrons. The monoisotopic (exact) mass is 385 g/mol. The second kappa shape index (κ2) is 5.64. The molecule has 2 fully saturated rings. The van der Waals surface area contributed by atoms with Crippen LogP contribution < -0.4 is 0 Å². The zero-order valence-electron chi connectivity index (χ0n) is 11.9. The summed E-state index contributed by atoms with van der Waals surface area (Å²) in [4.78, 5) is 14.7. The number of hydrogen-bond donors (Lipinski definition) is 0. The van der Waals surface area contributed by atoms with Crippen molar-refractivity contribution in [1.82, 2.24) is 4.90 Å². The van der Waals surface area contributed by atoms with E-state index in [0.717, 1.165) is 12.8 Å². The molecule has 0 N–H and O–H groups in total. The number of nitrogens with zero attached hydrogens (tertiary/aromatic N) is 1. The molecule has 108 valence electrons. The van der Waals surface area contributed by atoms with Crippen molar-refractivity contribution in [2.45, 2.75) is 37.3 Å². The number of carbonyl (C=O) groups excluding carboxylic acids is 1. The fraction of sp³-hybridized carbons (Fsp3) is 0.562. The summed E-state index contributed by atoms with van der Waals surface area (Å²) in [6, 6.07) is 9.56. The van der Waals surface area contributed by atoms with Crippen LogP contribution in [0.2, 0.25) is 0 Å². The smallest absolute Gasteiger partial charge is 0.310 e. The summed E-state index contributed by atoms with van der Waals surface area (Å²) in [5.41, 5.74) is 1.28. The highest BCUT2D eigenvalue weighted by Gasteiger charge is 2.49. The quantitative estimate of drug-likeness (QED) is 0.579. The van der Waals surface area contributed by atoms with Crippen molar-refractivity contribution < 1.29 is 9.53 Å². The van der Waals surface area contributed by atoms with Crippen LogP contribution in [0.1, 0.15) is 30.7 Å². The van der Waals surface area contributed by atoms with E-state index < -0.39 is 0 Å². The third-order valence-corrected chi connectivity index (χ3v) is 5.76. The molecule has 3 nitrogen and oxygen atoms in total. The number of esters is 1. The number of benzene rings is 1. The van der Waals surface area contributed by atoms with Crippen molar-refractivity contribution in [2.75, 3.05) is 14.2 Å². The predicted octanol–water partition coefficient (Wildman–Crippen LogP) is 3.03. The molecule has 2 unspecified atom stereocenters. The van der Waals surface area contributed by atoms with Crippen LogP contribution in [0.3, 0.4) is 0 Å². The maximum Gasteiger partial charge on any atom is 0.310 e. The number of fused-ring (bicyclic) bond motifs is 2. The predicted molar refractivity (Wildman–Crippen MR) is 86.6 cm³/mol. The van der Waals surface area contributed by atoms with Crippen LogP contribution in [0.15, 0.2) is 24.3 Å². The van der Waals surface area contributed by atoms with Gasteiger partial charge in [-0.2, -0.15) is 0 Å². The first-order valence-corrected chi connectivity index (χ1v) is 8.25. The van der Waals surface area contributed by atoms with Gasteiger partial charge in [0.25, 0.3) is 0 Å². The lowest BCUT2D eigenvalue weighted by molar-refractivity contribution is -0.150. The van der Waals surface area contributed by atoms with Gasteiger partial charge in [0.2, 0.25) is 0 Å². The standard InChI is InChI=1S/C16H20INO2/c1-18-12-7-8-14(18)15(16(19)20-2)13(9-12)10-3-5-11(17)6-4-10/h3-6,12-15H,7-9H2,1-2H3/t12?,13-,14?,15+/m0/s1. The molecule has 0 aromatic heterocycles. The van der Waals surface area contributed by atoms with Crippen molar-refractivity contribution >= 4 is 28.6 Å². The number of methoxy groups -OCH3 is 1. The number of ether oxygens (including phenoxy) is 1. The Morgan fingerprint density at radius 2 is 2.00 bits per heavy atom. The Morgan fingerprint density at radius 1 is 1.30 bits per heavy atom. The first-order chi connectivity index (χ1) is 9.61. The third-order valence-electron chi connectivity index (χ3n) is 5.04. The van der Waals surface area contributed by atoms with E-state index in [0.29, 0.717) is 18.0 Å². The normalized spacial score (nSPS) is 33.1. The van der Waals surface area contributed by atoms with Crippen LogP contribution in [0, 0.1) is 9.49 Å². The lowest BCUT2D eigenvalue weighted by atomic mass is 9.76. The molecule has 4 heteroatoms. The molecule has 2 heterocycles. The van der Waals surface area contributed by atoms with E-state index in [9.17, 15) is 4.79 Å². The summed E-state index contributed by atoms with van der Waals surface area (Å²) < 4.78 is 6.33. The van der Waals surface area contributed by atoms with Gasteiger partial charge in [-0.1, -0.05) is 12.1 Å². The van der Waals surface area contributed by atoms with Gasteiger partial charge in [-0.3, -0.25) is 9.69 Å². The maximum atomic E-state index is 12.3. The Bertz CT molecular complexity index is 502. The molecule has 2 saturated heterocycles. The average molecular weight is 385 g/mol. The van der Waals surface area contributed by atoms with Crippen molar-refractivity contribution in [2.24, 2.45) is 5.92 Å². The van der Waals surface area contributed by atoms with Crippen molar-refractivity contribution in [1.29, 1.82) is 0 Å². The number of hydrogen-bond acceptors (Lipinski definition) is 3. The lowest BCUT2D eigenvalue weighted by Gasteiger charge is -2.41. The fourth-order valence-electron chi connectivity index (χ4n) is 3.98. The van der Waals surface area contributed by atoms with Gasteiger partial charge < -0.3 is 4.74 Å². The zero-order chi connectivity index (χ0) is 14.3. The van der Waals surface area contributed by atoms with Gasteiger partial charge in [-0.15, -0.1) is 0 Å². The highest BCUT2D eigenvalue weighted by atomic mass is 127. The molecule has 1 aromatic rings. The molecule has 4 atom stereocenters.